The van der Waals surface area contributed by atoms with Gasteiger partial charge in [0.15, 0.2) is 5.78 Å². The first-order chi connectivity index (χ1) is 16.8. The van der Waals surface area contributed by atoms with Gasteiger partial charge in [0.1, 0.15) is 0 Å². The van der Waals surface area contributed by atoms with E-state index < -0.39 is 16.1 Å². The Balaban J connectivity index is 1.71. The average molecular weight is 486 g/mol. The summed E-state index contributed by atoms with van der Waals surface area (Å²) in [4.78, 5) is 12.9. The van der Waals surface area contributed by atoms with Gasteiger partial charge in [-0.15, -0.1) is 0 Å². The van der Waals surface area contributed by atoms with E-state index in [9.17, 15) is 18.5 Å². The van der Waals surface area contributed by atoms with E-state index in [1.165, 1.54) is 10.2 Å². The minimum Gasteiger partial charge on any atom is -0.304 e. The van der Waals surface area contributed by atoms with E-state index in [-0.39, 0.29) is 17.6 Å². The van der Waals surface area contributed by atoms with Crippen LogP contribution in [-0.4, -0.2) is 31.0 Å². The zero-order valence-corrected chi connectivity index (χ0v) is 20.5. The number of nitriles is 1. The standard InChI is InChI=1S/C28H27N3O3S/c1-18-12-26(32)21(13-19-8-4-3-5-9-19)15-23(18)27-28-24(14-20(16-29)17-30-27)22-10-6-7-11-25(22)31(28)35(2,33)34/h3-12,15,20-21,27,30H,13-14,17H2,1-2H3/t20?,21?,27-/m0/s1. The zero-order chi connectivity index (χ0) is 24.7. The molecule has 0 bridgehead atoms. The Morgan fingerprint density at radius 1 is 1.11 bits per heavy atom. The molecular weight excluding hydrogens is 458 g/mol. The molecule has 2 unspecified atom stereocenters. The summed E-state index contributed by atoms with van der Waals surface area (Å²) < 4.78 is 27.6. The van der Waals surface area contributed by atoms with E-state index in [2.05, 4.69) is 11.4 Å². The Kier molecular flexibility index (Phi) is 5.96. The van der Waals surface area contributed by atoms with Gasteiger partial charge < -0.3 is 5.32 Å². The van der Waals surface area contributed by atoms with E-state index in [0.717, 1.165) is 27.7 Å². The van der Waals surface area contributed by atoms with E-state index in [1.807, 2.05) is 67.6 Å². The fraction of sp³-hybridized carbons (Fsp3) is 0.286. The van der Waals surface area contributed by atoms with Crippen molar-refractivity contribution in [2.24, 2.45) is 11.8 Å². The molecular formula is C28H27N3O3S. The molecule has 1 N–H and O–H groups in total. The molecule has 0 fully saturated rings. The minimum absolute atomic E-state index is 0.0440. The van der Waals surface area contributed by atoms with Gasteiger partial charge in [-0.3, -0.25) is 4.79 Å². The predicted octanol–water partition coefficient (Wildman–Crippen LogP) is 4.09. The van der Waals surface area contributed by atoms with Gasteiger partial charge >= 0.3 is 0 Å². The lowest BCUT2D eigenvalue weighted by Gasteiger charge is -2.28. The molecule has 6 nitrogen and oxygen atoms in total. The maximum Gasteiger partial charge on any atom is 0.236 e. The summed E-state index contributed by atoms with van der Waals surface area (Å²) >= 11 is 0. The number of carbonyl (C=O) groups excluding carboxylic acids is 1. The number of fused-ring (bicyclic) bond motifs is 3. The summed E-state index contributed by atoms with van der Waals surface area (Å²) in [6.07, 6.45) is 5.90. The summed E-state index contributed by atoms with van der Waals surface area (Å²) in [5.41, 5.74) is 4.89. The van der Waals surface area contributed by atoms with Gasteiger partial charge in [-0.2, -0.15) is 5.26 Å². The normalized spacial score (nSPS) is 22.7. The first-order valence-electron chi connectivity index (χ1n) is 11.7. The number of nitrogens with zero attached hydrogens (tertiary/aromatic N) is 2. The molecule has 0 saturated heterocycles. The fourth-order valence-corrected chi connectivity index (χ4v) is 6.46. The molecule has 7 heteroatoms. The maximum absolute atomic E-state index is 13.1. The van der Waals surface area contributed by atoms with Crippen molar-refractivity contribution >= 4 is 26.7 Å². The number of ketones is 1. The van der Waals surface area contributed by atoms with Gasteiger partial charge in [-0.05, 0) is 54.2 Å². The number of hydrogen-bond donors (Lipinski definition) is 1. The quantitative estimate of drug-likeness (QED) is 0.601. The number of hydrogen-bond acceptors (Lipinski definition) is 5. The number of aromatic nitrogens is 1. The second-order valence-electron chi connectivity index (χ2n) is 9.43. The summed E-state index contributed by atoms with van der Waals surface area (Å²) in [5.74, 6) is -0.595. The Morgan fingerprint density at radius 3 is 2.54 bits per heavy atom. The molecule has 2 aromatic carbocycles. The second kappa shape index (κ2) is 8.95. The Morgan fingerprint density at radius 2 is 1.83 bits per heavy atom. The van der Waals surface area contributed by atoms with Gasteiger partial charge in [0.2, 0.25) is 10.0 Å². The molecule has 0 radical (unpaired) electrons. The molecule has 0 amide bonds. The van der Waals surface area contributed by atoms with Crippen molar-refractivity contribution in [3.8, 4) is 6.07 Å². The van der Waals surface area contributed by atoms with Crippen molar-refractivity contribution in [2.75, 3.05) is 12.8 Å². The minimum atomic E-state index is -3.65. The van der Waals surface area contributed by atoms with Gasteiger partial charge in [0, 0.05) is 17.8 Å². The second-order valence-corrected chi connectivity index (χ2v) is 11.3. The molecule has 3 atom stereocenters. The van der Waals surface area contributed by atoms with Gasteiger partial charge in [-0.1, -0.05) is 54.6 Å². The predicted molar refractivity (Wildman–Crippen MR) is 136 cm³/mol. The number of benzene rings is 2. The van der Waals surface area contributed by atoms with Crippen molar-refractivity contribution in [1.29, 1.82) is 5.26 Å². The number of rotatable bonds is 4. The summed E-state index contributed by atoms with van der Waals surface area (Å²) in [6, 6.07) is 19.2. The van der Waals surface area contributed by atoms with Crippen LogP contribution >= 0.6 is 0 Å². The third kappa shape index (κ3) is 4.24. The number of nitrogens with one attached hydrogen (secondary N) is 1. The maximum atomic E-state index is 13.1. The van der Waals surface area contributed by atoms with E-state index in [1.54, 1.807) is 6.08 Å². The molecule has 1 aliphatic heterocycles. The molecule has 0 saturated carbocycles. The van der Waals surface area contributed by atoms with Crippen LogP contribution < -0.4 is 5.32 Å². The summed E-state index contributed by atoms with van der Waals surface area (Å²) in [5, 5.41) is 14.1. The molecule has 0 spiro atoms. The largest absolute Gasteiger partial charge is 0.304 e. The molecule has 1 aliphatic carbocycles. The highest BCUT2D eigenvalue weighted by atomic mass is 32.2. The molecule has 2 heterocycles. The topological polar surface area (TPSA) is 92.0 Å². The Labute approximate surface area is 205 Å². The molecule has 1 aromatic heterocycles. The first-order valence-corrected chi connectivity index (χ1v) is 13.6. The monoisotopic (exact) mass is 485 g/mol. The SMILES string of the molecule is CC1=CC(=O)C(Cc2ccccc2)C=C1[C@@H]1NCC(C#N)Cc2c1n(S(C)(=O)=O)c1ccccc21. The van der Waals surface area contributed by atoms with Crippen molar-refractivity contribution in [1.82, 2.24) is 9.29 Å². The van der Waals surface area contributed by atoms with Crippen LogP contribution in [0.15, 0.2) is 77.9 Å². The van der Waals surface area contributed by atoms with Crippen LogP contribution in [0.1, 0.15) is 29.8 Å². The van der Waals surface area contributed by atoms with Gasteiger partial charge in [0.05, 0.1) is 35.5 Å². The molecule has 2 aliphatic rings. The molecule has 178 valence electrons. The van der Waals surface area contributed by atoms with Gasteiger partial charge in [-0.25, -0.2) is 12.4 Å². The van der Waals surface area contributed by atoms with Crippen molar-refractivity contribution < 1.29 is 13.2 Å². The third-order valence-electron chi connectivity index (χ3n) is 6.95. The molecule has 5 rings (SSSR count). The lowest BCUT2D eigenvalue weighted by Crippen LogP contribution is -2.31. The van der Waals surface area contributed by atoms with Crippen LogP contribution in [0.25, 0.3) is 10.9 Å². The van der Waals surface area contributed by atoms with Crippen molar-refractivity contribution in [3.05, 3.63) is 94.7 Å². The van der Waals surface area contributed by atoms with Crippen LogP contribution in [0.2, 0.25) is 0 Å². The fourth-order valence-electron chi connectivity index (χ4n) is 5.37. The van der Waals surface area contributed by atoms with Crippen LogP contribution in [0.3, 0.4) is 0 Å². The summed E-state index contributed by atoms with van der Waals surface area (Å²) in [6.45, 7) is 2.32. The number of carbonyl (C=O) groups is 1. The number of para-hydroxylation sites is 1. The highest BCUT2D eigenvalue weighted by molar-refractivity contribution is 7.89. The summed E-state index contributed by atoms with van der Waals surface area (Å²) in [7, 11) is -3.65. The van der Waals surface area contributed by atoms with Gasteiger partial charge in [0.25, 0.3) is 0 Å². The van der Waals surface area contributed by atoms with E-state index in [0.29, 0.717) is 30.6 Å². The first kappa shape index (κ1) is 23.3. The average Bonchev–Trinajstić information content (AvgIpc) is 3.04. The van der Waals surface area contributed by atoms with E-state index >= 15 is 0 Å². The van der Waals surface area contributed by atoms with Crippen LogP contribution in [0, 0.1) is 23.2 Å². The highest BCUT2D eigenvalue weighted by Crippen LogP contribution is 2.41. The van der Waals surface area contributed by atoms with Crippen LogP contribution in [0.4, 0.5) is 0 Å². The molecule has 3 aromatic rings. The third-order valence-corrected chi connectivity index (χ3v) is 8.01. The Bertz CT molecular complexity index is 1520. The Hall–Kier alpha value is -3.47. The zero-order valence-electron chi connectivity index (χ0n) is 19.7. The lowest BCUT2D eigenvalue weighted by molar-refractivity contribution is -0.117. The lowest BCUT2D eigenvalue weighted by atomic mass is 9.82. The van der Waals surface area contributed by atoms with E-state index in [4.69, 9.17) is 0 Å². The highest BCUT2D eigenvalue weighted by Gasteiger charge is 2.36. The van der Waals surface area contributed by atoms with Crippen molar-refractivity contribution in [2.45, 2.75) is 25.8 Å². The van der Waals surface area contributed by atoms with Crippen LogP contribution in [-0.2, 0) is 27.7 Å². The van der Waals surface area contributed by atoms with Crippen molar-refractivity contribution in [3.63, 3.8) is 0 Å². The smallest absolute Gasteiger partial charge is 0.236 e. The molecule has 35 heavy (non-hydrogen) atoms. The number of allylic oxidation sites excluding steroid dienone is 2. The van der Waals surface area contributed by atoms with Crippen LogP contribution in [0.5, 0.6) is 0 Å².